The summed E-state index contributed by atoms with van der Waals surface area (Å²) in [4.78, 5) is 24.6. The molecule has 0 saturated carbocycles. The van der Waals surface area contributed by atoms with Gasteiger partial charge < -0.3 is 15.0 Å². The van der Waals surface area contributed by atoms with Crippen molar-refractivity contribution < 1.29 is 23.5 Å². The van der Waals surface area contributed by atoms with Crippen molar-refractivity contribution in [1.29, 1.82) is 0 Å². The highest BCUT2D eigenvalue weighted by atomic mass is 19.2. The van der Waals surface area contributed by atoms with Gasteiger partial charge in [-0.15, -0.1) is 0 Å². The Bertz CT molecular complexity index is 1760. The van der Waals surface area contributed by atoms with Gasteiger partial charge in [-0.05, 0) is 73.4 Å². The molecule has 5 rings (SSSR count). The molecule has 1 amide bonds. The first-order valence-electron chi connectivity index (χ1n) is 12.9. The van der Waals surface area contributed by atoms with E-state index in [2.05, 4.69) is 9.88 Å². The number of nitrogens with zero attached hydrogens (tertiary/aromatic N) is 1. The van der Waals surface area contributed by atoms with Gasteiger partial charge in [0.05, 0.1) is 11.6 Å². The van der Waals surface area contributed by atoms with Gasteiger partial charge in [-0.25, -0.2) is 13.6 Å². The lowest BCUT2D eigenvalue weighted by Gasteiger charge is -2.15. The third kappa shape index (κ3) is 4.98. The lowest BCUT2D eigenvalue weighted by Crippen LogP contribution is -2.27. The minimum atomic E-state index is -0.965. The number of amides is 1. The van der Waals surface area contributed by atoms with Gasteiger partial charge in [0.2, 0.25) is 0 Å². The molecule has 0 unspecified atom stereocenters. The van der Waals surface area contributed by atoms with E-state index in [0.717, 1.165) is 39.4 Å². The van der Waals surface area contributed by atoms with Gasteiger partial charge >= 0.3 is 5.97 Å². The molecule has 1 atom stereocenters. The highest BCUT2D eigenvalue weighted by Crippen LogP contribution is 2.29. The Morgan fingerprint density at radius 1 is 0.925 bits per heavy atom. The van der Waals surface area contributed by atoms with Crippen LogP contribution in [-0.4, -0.2) is 21.6 Å². The third-order valence-corrected chi connectivity index (χ3v) is 7.46. The number of carbonyl (C=O) groups is 2. The van der Waals surface area contributed by atoms with Gasteiger partial charge in [-0.2, -0.15) is 0 Å². The molecule has 0 spiro atoms. The second-order valence-corrected chi connectivity index (χ2v) is 9.91. The fraction of sp³-hybridized carbons (Fsp3) is 0.152. The van der Waals surface area contributed by atoms with Crippen LogP contribution < -0.4 is 5.32 Å². The summed E-state index contributed by atoms with van der Waals surface area (Å²) in [6.45, 7) is 6.25. The zero-order chi connectivity index (χ0) is 28.6. The van der Waals surface area contributed by atoms with Crippen LogP contribution in [0.25, 0.3) is 22.0 Å². The van der Waals surface area contributed by atoms with Crippen molar-refractivity contribution in [2.45, 2.75) is 33.4 Å². The molecule has 0 aliphatic rings. The Balaban J connectivity index is 1.39. The van der Waals surface area contributed by atoms with Crippen molar-refractivity contribution >= 4 is 22.8 Å². The number of aryl methyl sites for hydroxylation is 1. The van der Waals surface area contributed by atoms with Crippen LogP contribution in [0.5, 0.6) is 0 Å². The average Bonchev–Trinajstić information content (AvgIpc) is 3.19. The zero-order valence-electron chi connectivity index (χ0n) is 22.3. The quantitative estimate of drug-likeness (QED) is 0.226. The monoisotopic (exact) mass is 538 g/mol. The second-order valence-electron chi connectivity index (χ2n) is 9.91. The molecule has 1 heterocycles. The van der Waals surface area contributed by atoms with Crippen molar-refractivity contribution in [3.05, 3.63) is 130 Å². The number of carbonyl (C=O) groups excluding carboxylic acids is 1. The standard InChI is InChI=1S/C33H28F2N2O3/c1-19-21(3)37(18-22-11-13-23(14-12-22)26-7-4-5-8-27(26)33(39)40)30-16-15-24(17-28(19)30)32(38)36-20(2)25-9-6-10-29(34)31(25)35/h4-17,20H,18H2,1-3H3,(H,36,38)(H,39,40)/t20-/m0/s1. The molecule has 5 aromatic rings. The first-order valence-corrected chi connectivity index (χ1v) is 12.9. The predicted octanol–water partition coefficient (Wildman–Crippen LogP) is 7.44. The SMILES string of the molecule is Cc1c(C)n(Cc2ccc(-c3ccccc3C(=O)O)cc2)c2ccc(C(=O)N[C@@H](C)c3cccc(F)c3F)cc12. The number of nitrogens with one attached hydrogen (secondary N) is 1. The second kappa shape index (κ2) is 10.8. The van der Waals surface area contributed by atoms with Gasteiger partial charge in [-0.1, -0.05) is 54.6 Å². The van der Waals surface area contributed by atoms with E-state index >= 15 is 0 Å². The lowest BCUT2D eigenvalue weighted by molar-refractivity contribution is 0.0697. The summed E-state index contributed by atoms with van der Waals surface area (Å²) in [5, 5.41) is 13.2. The minimum Gasteiger partial charge on any atom is -0.478 e. The third-order valence-electron chi connectivity index (χ3n) is 7.46. The summed E-state index contributed by atoms with van der Waals surface area (Å²) < 4.78 is 30.0. The normalized spacial score (nSPS) is 11.9. The number of rotatable bonds is 7. The number of benzene rings is 4. The van der Waals surface area contributed by atoms with E-state index < -0.39 is 23.6 Å². The predicted molar refractivity (Wildman–Crippen MR) is 152 cm³/mol. The highest BCUT2D eigenvalue weighted by molar-refractivity contribution is 5.99. The Labute approximate surface area is 230 Å². The molecule has 0 saturated heterocycles. The van der Waals surface area contributed by atoms with Crippen molar-refractivity contribution in [1.82, 2.24) is 9.88 Å². The fourth-order valence-corrected chi connectivity index (χ4v) is 5.10. The number of carboxylic acids is 1. The number of fused-ring (bicyclic) bond motifs is 1. The van der Waals surface area contributed by atoms with Crippen molar-refractivity contribution in [3.63, 3.8) is 0 Å². The molecule has 5 nitrogen and oxygen atoms in total. The van der Waals surface area contributed by atoms with E-state index in [1.807, 2.05) is 56.3 Å². The molecule has 4 aromatic carbocycles. The van der Waals surface area contributed by atoms with E-state index in [0.29, 0.717) is 17.7 Å². The van der Waals surface area contributed by atoms with Crippen molar-refractivity contribution in [3.8, 4) is 11.1 Å². The molecular formula is C33H28F2N2O3. The van der Waals surface area contributed by atoms with E-state index in [-0.39, 0.29) is 17.0 Å². The molecular weight excluding hydrogens is 510 g/mol. The smallest absolute Gasteiger partial charge is 0.336 e. The average molecular weight is 539 g/mol. The molecule has 1 aromatic heterocycles. The maximum Gasteiger partial charge on any atom is 0.336 e. The Morgan fingerprint density at radius 2 is 1.65 bits per heavy atom. The van der Waals surface area contributed by atoms with Gasteiger partial charge in [0.25, 0.3) is 5.91 Å². The summed E-state index contributed by atoms with van der Waals surface area (Å²) in [6.07, 6.45) is 0. The van der Waals surface area contributed by atoms with E-state index in [1.165, 1.54) is 12.1 Å². The Hall–Kier alpha value is -4.78. The van der Waals surface area contributed by atoms with E-state index in [9.17, 15) is 23.5 Å². The largest absolute Gasteiger partial charge is 0.478 e. The van der Waals surface area contributed by atoms with Gasteiger partial charge in [0, 0.05) is 34.3 Å². The minimum absolute atomic E-state index is 0.0880. The van der Waals surface area contributed by atoms with Crippen LogP contribution in [0.3, 0.4) is 0 Å². The van der Waals surface area contributed by atoms with Crippen LogP contribution in [0.15, 0.2) is 84.9 Å². The van der Waals surface area contributed by atoms with E-state index in [1.54, 1.807) is 31.2 Å². The van der Waals surface area contributed by atoms with Crippen molar-refractivity contribution in [2.24, 2.45) is 0 Å². The maximum atomic E-state index is 14.2. The lowest BCUT2D eigenvalue weighted by atomic mass is 9.99. The summed E-state index contributed by atoms with van der Waals surface area (Å²) in [6, 6.07) is 23.4. The molecule has 7 heteroatoms. The van der Waals surface area contributed by atoms with Crippen LogP contribution in [0.2, 0.25) is 0 Å². The molecule has 40 heavy (non-hydrogen) atoms. The summed E-state index contributed by atoms with van der Waals surface area (Å²) in [7, 11) is 0. The number of aromatic nitrogens is 1. The molecule has 2 N–H and O–H groups in total. The van der Waals surface area contributed by atoms with Crippen LogP contribution in [0.1, 0.15) is 56.1 Å². The highest BCUT2D eigenvalue weighted by Gasteiger charge is 2.19. The van der Waals surface area contributed by atoms with Gasteiger partial charge in [0.15, 0.2) is 11.6 Å². The Morgan fingerprint density at radius 3 is 2.38 bits per heavy atom. The molecule has 0 aliphatic heterocycles. The first-order chi connectivity index (χ1) is 19.2. The van der Waals surface area contributed by atoms with Gasteiger partial charge in [0.1, 0.15) is 0 Å². The van der Waals surface area contributed by atoms with Crippen LogP contribution >= 0.6 is 0 Å². The molecule has 0 aliphatic carbocycles. The Kier molecular flexibility index (Phi) is 7.22. The van der Waals surface area contributed by atoms with E-state index in [4.69, 9.17) is 0 Å². The number of carboxylic acid groups (broad SMARTS) is 1. The number of halogens is 2. The van der Waals surface area contributed by atoms with Crippen molar-refractivity contribution in [2.75, 3.05) is 0 Å². The number of hydrogen-bond acceptors (Lipinski definition) is 2. The number of hydrogen-bond donors (Lipinski definition) is 2. The topological polar surface area (TPSA) is 71.3 Å². The first kappa shape index (κ1) is 26.8. The molecule has 0 bridgehead atoms. The molecule has 202 valence electrons. The summed E-state index contributed by atoms with van der Waals surface area (Å²) >= 11 is 0. The summed E-state index contributed by atoms with van der Waals surface area (Å²) in [5.41, 5.74) is 6.39. The maximum absolute atomic E-state index is 14.2. The number of aromatic carboxylic acids is 1. The van der Waals surface area contributed by atoms with Crippen LogP contribution in [0.4, 0.5) is 8.78 Å². The summed E-state index contributed by atoms with van der Waals surface area (Å²) in [5.74, 6) is -3.26. The molecule has 0 fully saturated rings. The van der Waals surface area contributed by atoms with Crippen LogP contribution in [-0.2, 0) is 6.54 Å². The fourth-order valence-electron chi connectivity index (χ4n) is 5.10. The zero-order valence-corrected chi connectivity index (χ0v) is 22.3. The van der Waals surface area contributed by atoms with Crippen LogP contribution in [0, 0.1) is 25.5 Å². The molecule has 0 radical (unpaired) electrons. The van der Waals surface area contributed by atoms with Gasteiger partial charge in [-0.3, -0.25) is 4.79 Å².